The molecule has 6 atom stereocenters. The van der Waals surface area contributed by atoms with Crippen LogP contribution in [0.15, 0.2) is 0 Å². The van der Waals surface area contributed by atoms with Gasteiger partial charge in [-0.15, -0.1) is 0 Å². The van der Waals surface area contributed by atoms with Crippen LogP contribution in [0.5, 0.6) is 0 Å². The van der Waals surface area contributed by atoms with Crippen LogP contribution in [0.3, 0.4) is 0 Å². The lowest BCUT2D eigenvalue weighted by atomic mass is 10.0. The lowest BCUT2D eigenvalue weighted by Crippen LogP contribution is -2.53. The van der Waals surface area contributed by atoms with E-state index in [0.717, 1.165) is 0 Å². The van der Waals surface area contributed by atoms with Gasteiger partial charge in [0.1, 0.15) is 24.9 Å². The first kappa shape index (κ1) is 14.2. The van der Waals surface area contributed by atoms with Gasteiger partial charge in [-0.3, -0.25) is 0 Å². The highest BCUT2D eigenvalue weighted by Crippen LogP contribution is 2.25. The topological polar surface area (TPSA) is 77.4 Å². The summed E-state index contributed by atoms with van der Waals surface area (Å²) >= 11 is 0. The smallest absolute Gasteiger partial charge is 0.186 e. The summed E-state index contributed by atoms with van der Waals surface area (Å²) in [6, 6.07) is 0. The van der Waals surface area contributed by atoms with Crippen molar-refractivity contribution in [3.05, 3.63) is 25.9 Å². The van der Waals surface area contributed by atoms with Crippen LogP contribution in [-0.2, 0) is 18.9 Å². The Morgan fingerprint density at radius 3 is 2.61 bits per heavy atom. The van der Waals surface area contributed by atoms with E-state index in [1.54, 1.807) is 6.42 Å². The van der Waals surface area contributed by atoms with Gasteiger partial charge in [-0.2, -0.15) is 0 Å². The number of hydrogen-bond donors (Lipinski definition) is 2. The second kappa shape index (κ2) is 6.27. The maximum atomic E-state index is 9.88. The largest absolute Gasteiger partial charge is 0.387 e. The molecule has 6 heteroatoms. The van der Waals surface area contributed by atoms with Crippen molar-refractivity contribution >= 4 is 0 Å². The highest BCUT2D eigenvalue weighted by atomic mass is 16.7. The van der Waals surface area contributed by atoms with Crippen LogP contribution in [0, 0.1) is 25.9 Å². The van der Waals surface area contributed by atoms with Crippen molar-refractivity contribution in [2.24, 2.45) is 0 Å². The third-order valence-corrected chi connectivity index (χ3v) is 2.83. The summed E-state index contributed by atoms with van der Waals surface area (Å²) < 4.78 is 20.9. The quantitative estimate of drug-likeness (QED) is 0.718. The average Bonchev–Trinajstić information content (AvgIpc) is 2.35. The molecule has 0 aliphatic carbocycles. The molecule has 2 aliphatic heterocycles. The molecule has 4 radical (unpaired) electrons. The fourth-order valence-corrected chi connectivity index (χ4v) is 1.82. The number of ether oxygens (including phenoxy) is 4. The van der Waals surface area contributed by atoms with E-state index >= 15 is 0 Å². The van der Waals surface area contributed by atoms with E-state index in [2.05, 4.69) is 0 Å². The first-order valence-corrected chi connectivity index (χ1v) is 5.82. The molecule has 18 heavy (non-hydrogen) atoms. The highest BCUT2D eigenvalue weighted by molar-refractivity contribution is 5.05. The van der Waals surface area contributed by atoms with Crippen LogP contribution in [-0.4, -0.2) is 54.3 Å². The molecule has 2 saturated heterocycles. The Bertz CT molecular complexity index is 261. The minimum Gasteiger partial charge on any atom is -0.387 e. The first-order valence-electron chi connectivity index (χ1n) is 5.82. The second-order valence-electron chi connectivity index (χ2n) is 4.25. The van der Waals surface area contributed by atoms with Crippen molar-refractivity contribution in [3.63, 3.8) is 0 Å². The molecule has 2 aliphatic rings. The molecule has 0 saturated carbocycles. The van der Waals surface area contributed by atoms with Gasteiger partial charge in [0.2, 0.25) is 0 Å². The Kier molecular flexibility index (Phi) is 4.94. The Morgan fingerprint density at radius 1 is 1.17 bits per heavy atom. The van der Waals surface area contributed by atoms with Gasteiger partial charge in [-0.05, 0) is 19.8 Å². The summed E-state index contributed by atoms with van der Waals surface area (Å²) in [5, 5.41) is 19.6. The van der Waals surface area contributed by atoms with Crippen molar-refractivity contribution in [2.45, 2.75) is 43.9 Å². The third kappa shape index (κ3) is 3.20. The monoisotopic (exact) mass is 258 g/mol. The normalized spacial score (nSPS) is 46.0. The molecule has 0 amide bonds. The molecule has 0 aromatic rings. The lowest BCUT2D eigenvalue weighted by molar-refractivity contribution is -0.272. The van der Waals surface area contributed by atoms with Gasteiger partial charge in [0.15, 0.2) is 12.6 Å². The minimum atomic E-state index is -1.17. The van der Waals surface area contributed by atoms with Crippen molar-refractivity contribution in [2.75, 3.05) is 7.11 Å². The maximum Gasteiger partial charge on any atom is 0.186 e. The molecule has 0 bridgehead atoms. The Labute approximate surface area is 107 Å². The van der Waals surface area contributed by atoms with Crippen LogP contribution in [0.25, 0.3) is 0 Å². The van der Waals surface area contributed by atoms with Crippen LogP contribution in [0.2, 0.25) is 0 Å². The SMILES string of the molecule is COC1O[CH][C@@H](O[C@H]2[CH][CH][CH][C@H](C)O2)[C@H](O)[C@@H]1O. The van der Waals surface area contributed by atoms with Crippen molar-refractivity contribution in [1.29, 1.82) is 0 Å². The molecular weight excluding hydrogens is 240 g/mol. The number of hydrogen-bond acceptors (Lipinski definition) is 6. The Morgan fingerprint density at radius 2 is 1.94 bits per heavy atom. The Hall–Kier alpha value is -0.240. The fourth-order valence-electron chi connectivity index (χ4n) is 1.82. The van der Waals surface area contributed by atoms with Gasteiger partial charge >= 0.3 is 0 Å². The predicted molar refractivity (Wildman–Crippen MR) is 60.3 cm³/mol. The zero-order valence-electron chi connectivity index (χ0n) is 10.3. The zero-order chi connectivity index (χ0) is 13.1. The molecule has 102 valence electrons. The molecule has 2 N–H and O–H groups in total. The van der Waals surface area contributed by atoms with Crippen LogP contribution in [0.4, 0.5) is 0 Å². The van der Waals surface area contributed by atoms with Crippen molar-refractivity contribution in [1.82, 2.24) is 0 Å². The Balaban J connectivity index is 1.86. The van der Waals surface area contributed by atoms with E-state index in [0.29, 0.717) is 0 Å². The van der Waals surface area contributed by atoms with Gasteiger partial charge in [0.25, 0.3) is 0 Å². The first-order chi connectivity index (χ1) is 8.61. The summed E-state index contributed by atoms with van der Waals surface area (Å²) in [4.78, 5) is 0. The van der Waals surface area contributed by atoms with E-state index < -0.39 is 30.9 Å². The molecule has 1 unspecified atom stereocenters. The summed E-state index contributed by atoms with van der Waals surface area (Å²) in [5.41, 5.74) is 0. The van der Waals surface area contributed by atoms with E-state index in [9.17, 15) is 10.2 Å². The van der Waals surface area contributed by atoms with E-state index in [1.165, 1.54) is 13.7 Å². The van der Waals surface area contributed by atoms with Gasteiger partial charge in [-0.1, -0.05) is 0 Å². The average molecular weight is 258 g/mol. The molecule has 6 nitrogen and oxygen atoms in total. The van der Waals surface area contributed by atoms with E-state index in [1.807, 2.05) is 19.8 Å². The predicted octanol–water partition coefficient (Wildman–Crippen LogP) is -0.384. The summed E-state index contributed by atoms with van der Waals surface area (Å²) in [6.07, 6.45) is 0.866. The van der Waals surface area contributed by atoms with Gasteiger partial charge in [-0.25, -0.2) is 0 Å². The van der Waals surface area contributed by atoms with Crippen molar-refractivity contribution < 1.29 is 29.2 Å². The number of methoxy groups -OCH3 is 1. The summed E-state index contributed by atoms with van der Waals surface area (Å²) in [7, 11) is 1.39. The van der Waals surface area contributed by atoms with Gasteiger partial charge in [0, 0.05) is 13.5 Å². The summed E-state index contributed by atoms with van der Waals surface area (Å²) in [6.45, 7) is 3.19. The molecule has 0 aromatic carbocycles. The van der Waals surface area contributed by atoms with Gasteiger partial charge in [0.05, 0.1) is 6.10 Å². The van der Waals surface area contributed by atoms with Gasteiger partial charge < -0.3 is 29.2 Å². The molecule has 0 spiro atoms. The number of aliphatic hydroxyl groups excluding tert-OH is 2. The highest BCUT2D eigenvalue weighted by Gasteiger charge is 2.41. The van der Waals surface area contributed by atoms with E-state index in [4.69, 9.17) is 18.9 Å². The number of aliphatic hydroxyl groups is 2. The summed E-state index contributed by atoms with van der Waals surface area (Å²) in [5.74, 6) is 0. The van der Waals surface area contributed by atoms with E-state index in [-0.39, 0.29) is 6.10 Å². The molecule has 0 aromatic heterocycles. The van der Waals surface area contributed by atoms with Crippen LogP contribution in [0.1, 0.15) is 6.92 Å². The number of rotatable bonds is 3. The minimum absolute atomic E-state index is 0.0571. The van der Waals surface area contributed by atoms with Crippen LogP contribution < -0.4 is 0 Å². The standard InChI is InChI=1S/C12H18O6/c1-7-4-3-5-9(17-7)18-8-6-16-12(15-2)11(14)10(8)13/h3-14H,1-2H3/t7-,8+,9-,10-,11-,12?/m0/s1. The molecular formula is C12H18O6. The molecule has 2 rings (SSSR count). The molecule has 2 fully saturated rings. The fraction of sp³-hybridized carbons (Fsp3) is 0.667. The molecule has 2 heterocycles. The third-order valence-electron chi connectivity index (χ3n) is 2.83. The lowest BCUT2D eigenvalue weighted by Gasteiger charge is -2.38. The maximum absolute atomic E-state index is 9.88. The zero-order valence-corrected chi connectivity index (χ0v) is 10.3. The van der Waals surface area contributed by atoms with Crippen molar-refractivity contribution in [3.8, 4) is 0 Å². The second-order valence-corrected chi connectivity index (χ2v) is 4.25. The van der Waals surface area contributed by atoms with Crippen LogP contribution >= 0.6 is 0 Å².